The molecule has 1 aromatic carbocycles. The minimum atomic E-state index is -0.588. The molecule has 0 bridgehead atoms. The summed E-state index contributed by atoms with van der Waals surface area (Å²) in [6, 6.07) is 5.85. The van der Waals surface area contributed by atoms with Gasteiger partial charge in [-0.3, -0.25) is 10.1 Å². The van der Waals surface area contributed by atoms with Crippen LogP contribution in [0, 0.1) is 15.9 Å². The molecule has 0 spiro atoms. The molecule has 0 fully saturated rings. The van der Waals surface area contributed by atoms with Crippen molar-refractivity contribution in [1.82, 2.24) is 9.78 Å². The maximum absolute atomic E-state index is 13.7. The third kappa shape index (κ3) is 2.14. The smallest absolute Gasteiger partial charge is 0.334 e. The SMILES string of the molecule is CC(C)c1nn(-c2ccccc2F)c(N)c1[N+](=O)[O-]. The Hall–Kier alpha value is -2.44. The Morgan fingerprint density at radius 2 is 2.05 bits per heavy atom. The average molecular weight is 264 g/mol. The van der Waals surface area contributed by atoms with Gasteiger partial charge in [-0.25, -0.2) is 9.07 Å². The Balaban J connectivity index is 2.70. The highest BCUT2D eigenvalue weighted by atomic mass is 19.1. The van der Waals surface area contributed by atoms with Gasteiger partial charge in [0.1, 0.15) is 17.2 Å². The minimum Gasteiger partial charge on any atom is -0.378 e. The molecule has 0 atom stereocenters. The predicted molar refractivity (Wildman–Crippen MR) is 68.7 cm³/mol. The van der Waals surface area contributed by atoms with Crippen molar-refractivity contribution in [1.29, 1.82) is 0 Å². The van der Waals surface area contributed by atoms with Gasteiger partial charge in [-0.1, -0.05) is 26.0 Å². The van der Waals surface area contributed by atoms with Gasteiger partial charge in [0.15, 0.2) is 0 Å². The number of hydrogen-bond donors (Lipinski definition) is 1. The molecule has 0 unspecified atom stereocenters. The van der Waals surface area contributed by atoms with Gasteiger partial charge in [-0.05, 0) is 12.1 Å². The molecule has 0 radical (unpaired) electrons. The molecule has 6 nitrogen and oxygen atoms in total. The molecular formula is C12H13FN4O2. The third-order valence-corrected chi connectivity index (χ3v) is 2.73. The number of nitrogens with zero attached hydrogens (tertiary/aromatic N) is 3. The fourth-order valence-electron chi connectivity index (χ4n) is 1.82. The van der Waals surface area contributed by atoms with E-state index in [1.807, 2.05) is 0 Å². The van der Waals surface area contributed by atoms with Gasteiger partial charge >= 0.3 is 5.69 Å². The van der Waals surface area contributed by atoms with Gasteiger partial charge in [0.2, 0.25) is 5.82 Å². The number of hydrogen-bond acceptors (Lipinski definition) is 4. The molecule has 0 saturated carbocycles. The van der Waals surface area contributed by atoms with Crippen molar-refractivity contribution in [3.05, 3.63) is 45.9 Å². The maximum Gasteiger partial charge on any atom is 0.334 e. The Morgan fingerprint density at radius 1 is 1.42 bits per heavy atom. The first-order valence-corrected chi connectivity index (χ1v) is 5.71. The lowest BCUT2D eigenvalue weighted by Gasteiger charge is -2.03. The Morgan fingerprint density at radius 3 is 2.53 bits per heavy atom. The summed E-state index contributed by atoms with van der Waals surface area (Å²) in [7, 11) is 0. The fraction of sp³-hybridized carbons (Fsp3) is 0.250. The van der Waals surface area contributed by atoms with E-state index >= 15 is 0 Å². The monoisotopic (exact) mass is 264 g/mol. The van der Waals surface area contributed by atoms with E-state index in [2.05, 4.69) is 5.10 Å². The number of anilines is 1. The van der Waals surface area contributed by atoms with E-state index in [4.69, 9.17) is 5.73 Å². The van der Waals surface area contributed by atoms with Crippen molar-refractivity contribution in [2.45, 2.75) is 19.8 Å². The van der Waals surface area contributed by atoms with Gasteiger partial charge in [-0.2, -0.15) is 5.10 Å². The Kier molecular flexibility index (Phi) is 3.20. The maximum atomic E-state index is 13.7. The number of para-hydroxylation sites is 1. The van der Waals surface area contributed by atoms with Gasteiger partial charge < -0.3 is 5.73 Å². The van der Waals surface area contributed by atoms with Gasteiger partial charge in [0, 0.05) is 5.92 Å². The Bertz CT molecular complexity index is 637. The lowest BCUT2D eigenvalue weighted by atomic mass is 10.1. The summed E-state index contributed by atoms with van der Waals surface area (Å²) in [6.07, 6.45) is 0. The summed E-state index contributed by atoms with van der Waals surface area (Å²) in [5.41, 5.74) is 5.80. The van der Waals surface area contributed by atoms with Gasteiger partial charge in [0.25, 0.3) is 0 Å². The standard InChI is InChI=1S/C12H13FN4O2/c1-7(2)10-11(17(18)19)12(14)16(15-10)9-6-4-3-5-8(9)13/h3-7H,14H2,1-2H3. The minimum absolute atomic E-state index is 0.0926. The molecule has 0 aliphatic heterocycles. The quantitative estimate of drug-likeness (QED) is 0.681. The zero-order valence-electron chi connectivity index (χ0n) is 10.5. The van der Waals surface area contributed by atoms with Crippen LogP contribution >= 0.6 is 0 Å². The number of benzene rings is 1. The lowest BCUT2D eigenvalue weighted by molar-refractivity contribution is -0.384. The van der Waals surface area contributed by atoms with Crippen LogP contribution in [0.25, 0.3) is 5.69 Å². The van der Waals surface area contributed by atoms with Crippen LogP contribution in [0.3, 0.4) is 0 Å². The van der Waals surface area contributed by atoms with Crippen molar-refractivity contribution >= 4 is 11.5 Å². The molecule has 2 N–H and O–H groups in total. The number of aromatic nitrogens is 2. The molecule has 1 aromatic heterocycles. The summed E-state index contributed by atoms with van der Waals surface area (Å²) in [4.78, 5) is 10.5. The normalized spacial score (nSPS) is 10.9. The lowest BCUT2D eigenvalue weighted by Crippen LogP contribution is -2.05. The van der Waals surface area contributed by atoms with E-state index in [0.29, 0.717) is 0 Å². The molecule has 0 aliphatic carbocycles. The van der Waals surface area contributed by atoms with Crippen LogP contribution in [0.5, 0.6) is 0 Å². The zero-order valence-corrected chi connectivity index (χ0v) is 10.5. The first kappa shape index (κ1) is 13.0. The van der Waals surface area contributed by atoms with Crippen LogP contribution in [0.2, 0.25) is 0 Å². The van der Waals surface area contributed by atoms with Crippen molar-refractivity contribution in [3.63, 3.8) is 0 Å². The zero-order chi connectivity index (χ0) is 14.2. The highest BCUT2D eigenvalue weighted by Crippen LogP contribution is 2.33. The van der Waals surface area contributed by atoms with E-state index in [0.717, 1.165) is 4.68 Å². The van der Waals surface area contributed by atoms with Crippen LogP contribution in [0.4, 0.5) is 15.9 Å². The molecule has 2 aromatic rings. The largest absolute Gasteiger partial charge is 0.378 e. The molecule has 7 heteroatoms. The average Bonchev–Trinajstić information content (AvgIpc) is 2.68. The first-order chi connectivity index (χ1) is 8.93. The number of halogens is 1. The summed E-state index contributed by atoms with van der Waals surface area (Å²) in [6.45, 7) is 3.53. The summed E-state index contributed by atoms with van der Waals surface area (Å²) in [5.74, 6) is -0.892. The second kappa shape index (κ2) is 4.68. The van der Waals surface area contributed by atoms with Gasteiger partial charge in [0.05, 0.1) is 4.92 Å². The second-order valence-corrected chi connectivity index (χ2v) is 4.39. The predicted octanol–water partition coefficient (Wildman–Crippen LogP) is 2.63. The van der Waals surface area contributed by atoms with Crippen molar-refractivity contribution in [2.75, 3.05) is 5.73 Å². The molecule has 0 aliphatic rings. The molecule has 2 rings (SSSR count). The van der Waals surface area contributed by atoms with Crippen LogP contribution in [-0.2, 0) is 0 Å². The van der Waals surface area contributed by atoms with E-state index in [1.54, 1.807) is 19.9 Å². The summed E-state index contributed by atoms with van der Waals surface area (Å²) in [5, 5.41) is 15.1. The third-order valence-electron chi connectivity index (χ3n) is 2.73. The second-order valence-electron chi connectivity index (χ2n) is 4.39. The highest BCUT2D eigenvalue weighted by Gasteiger charge is 2.28. The molecule has 19 heavy (non-hydrogen) atoms. The molecule has 0 saturated heterocycles. The van der Waals surface area contributed by atoms with E-state index in [9.17, 15) is 14.5 Å². The number of nitrogens with two attached hydrogens (primary N) is 1. The Labute approximate surface area is 108 Å². The van der Waals surface area contributed by atoms with Gasteiger partial charge in [-0.15, -0.1) is 0 Å². The number of nitrogen functional groups attached to an aromatic ring is 1. The van der Waals surface area contributed by atoms with E-state index < -0.39 is 10.7 Å². The molecular weight excluding hydrogens is 251 g/mol. The fourth-order valence-corrected chi connectivity index (χ4v) is 1.82. The van der Waals surface area contributed by atoms with Crippen molar-refractivity contribution < 1.29 is 9.31 Å². The highest BCUT2D eigenvalue weighted by molar-refractivity contribution is 5.61. The first-order valence-electron chi connectivity index (χ1n) is 5.71. The summed E-state index contributed by atoms with van der Waals surface area (Å²) < 4.78 is 14.8. The van der Waals surface area contributed by atoms with E-state index in [1.165, 1.54) is 18.2 Å². The van der Waals surface area contributed by atoms with Crippen LogP contribution in [0.1, 0.15) is 25.5 Å². The number of nitro groups is 1. The van der Waals surface area contributed by atoms with Crippen molar-refractivity contribution in [2.24, 2.45) is 0 Å². The van der Waals surface area contributed by atoms with Crippen LogP contribution in [0.15, 0.2) is 24.3 Å². The topological polar surface area (TPSA) is 87.0 Å². The van der Waals surface area contributed by atoms with Crippen LogP contribution in [-0.4, -0.2) is 14.7 Å². The van der Waals surface area contributed by atoms with E-state index in [-0.39, 0.29) is 28.8 Å². The number of rotatable bonds is 3. The van der Waals surface area contributed by atoms with Crippen LogP contribution < -0.4 is 5.73 Å². The van der Waals surface area contributed by atoms with Crippen molar-refractivity contribution in [3.8, 4) is 5.69 Å². The molecule has 100 valence electrons. The molecule has 1 heterocycles. The summed E-state index contributed by atoms with van der Waals surface area (Å²) >= 11 is 0. The molecule has 0 amide bonds.